The van der Waals surface area contributed by atoms with Crippen LogP contribution in [0.2, 0.25) is 0 Å². The van der Waals surface area contributed by atoms with Gasteiger partial charge in [-0.3, -0.25) is 5.41 Å². The summed E-state index contributed by atoms with van der Waals surface area (Å²) in [6, 6.07) is 0. The molecule has 1 atom stereocenters. The number of nitrogens with two attached hydrogens (primary N) is 1. The van der Waals surface area contributed by atoms with Crippen LogP contribution in [0.4, 0.5) is 0 Å². The van der Waals surface area contributed by atoms with Gasteiger partial charge < -0.3 is 10.3 Å². The van der Waals surface area contributed by atoms with Crippen LogP contribution in [0.1, 0.15) is 27.2 Å². The minimum absolute atomic E-state index is 0.0646. The fourth-order valence-electron chi connectivity index (χ4n) is 1.32. The average molecular weight is 273 g/mol. The van der Waals surface area contributed by atoms with Crippen molar-refractivity contribution in [3.63, 3.8) is 0 Å². The van der Waals surface area contributed by atoms with E-state index in [1.807, 2.05) is 6.92 Å². The molecule has 0 aromatic carbocycles. The lowest BCUT2D eigenvalue weighted by Gasteiger charge is -2.27. The molecule has 18 heavy (non-hydrogen) atoms. The molecule has 0 spiro atoms. The lowest BCUT2D eigenvalue weighted by molar-refractivity contribution is 0.503. The van der Waals surface area contributed by atoms with Gasteiger partial charge in [-0.15, -0.1) is 0 Å². The summed E-state index contributed by atoms with van der Waals surface area (Å²) in [5.41, 5.74) is 4.34. The van der Waals surface area contributed by atoms with Crippen molar-refractivity contribution in [3.05, 3.63) is 12.5 Å². The molecular weight excluding hydrogens is 254 g/mol. The summed E-state index contributed by atoms with van der Waals surface area (Å²) in [6.45, 7) is 5.86. The molecule has 0 aliphatic rings. The van der Waals surface area contributed by atoms with Gasteiger partial charge in [-0.05, 0) is 20.3 Å². The summed E-state index contributed by atoms with van der Waals surface area (Å²) in [5, 5.41) is 7.39. The van der Waals surface area contributed by atoms with Crippen molar-refractivity contribution in [3.8, 4) is 0 Å². The second-order valence-corrected chi connectivity index (χ2v) is 5.88. The highest BCUT2D eigenvalue weighted by Crippen LogP contribution is 2.14. The second-order valence-electron chi connectivity index (χ2n) is 4.25. The molecule has 0 saturated carbocycles. The Kier molecular flexibility index (Phi) is 4.12. The molecule has 0 fully saturated rings. The van der Waals surface area contributed by atoms with Gasteiger partial charge in [0, 0.05) is 12.7 Å². The molecule has 0 radical (unpaired) electrons. The van der Waals surface area contributed by atoms with Gasteiger partial charge in [0.25, 0.3) is 10.0 Å². The number of aromatic nitrogens is 2. The minimum atomic E-state index is -3.77. The third-order valence-corrected chi connectivity index (χ3v) is 4.39. The summed E-state index contributed by atoms with van der Waals surface area (Å²) in [7, 11) is -3.77. The van der Waals surface area contributed by atoms with E-state index in [-0.39, 0.29) is 10.9 Å². The minimum Gasteiger partial charge on any atom is -0.386 e. The summed E-state index contributed by atoms with van der Waals surface area (Å²) in [4.78, 5) is 3.84. The number of sulfonamides is 1. The zero-order chi connectivity index (χ0) is 14.0. The van der Waals surface area contributed by atoms with Crippen molar-refractivity contribution in [2.75, 3.05) is 0 Å². The second kappa shape index (κ2) is 5.07. The number of amidine groups is 1. The van der Waals surface area contributed by atoms with Gasteiger partial charge in [-0.2, -0.15) is 4.72 Å². The Morgan fingerprint density at radius 2 is 2.22 bits per heavy atom. The molecule has 1 heterocycles. The quantitative estimate of drug-likeness (QED) is 0.510. The van der Waals surface area contributed by atoms with Crippen molar-refractivity contribution in [1.82, 2.24) is 14.3 Å². The van der Waals surface area contributed by atoms with Crippen LogP contribution in [0.5, 0.6) is 0 Å². The van der Waals surface area contributed by atoms with E-state index in [4.69, 9.17) is 11.1 Å². The fraction of sp³-hybridized carbons (Fsp3) is 0.600. The van der Waals surface area contributed by atoms with Crippen LogP contribution in [0.25, 0.3) is 0 Å². The molecule has 0 aliphatic carbocycles. The van der Waals surface area contributed by atoms with E-state index in [9.17, 15) is 8.42 Å². The van der Waals surface area contributed by atoms with Gasteiger partial charge in [0.2, 0.25) is 0 Å². The third kappa shape index (κ3) is 2.88. The number of hydrogen-bond acceptors (Lipinski definition) is 4. The lowest BCUT2D eigenvalue weighted by Crippen LogP contribution is -2.54. The third-order valence-electron chi connectivity index (χ3n) is 2.91. The molecule has 0 saturated heterocycles. The van der Waals surface area contributed by atoms with Gasteiger partial charge in [-0.25, -0.2) is 13.4 Å². The van der Waals surface area contributed by atoms with E-state index in [0.717, 1.165) is 0 Å². The van der Waals surface area contributed by atoms with Crippen LogP contribution in [0, 0.1) is 5.41 Å². The first-order valence-electron chi connectivity index (χ1n) is 5.65. The van der Waals surface area contributed by atoms with Crippen LogP contribution in [-0.2, 0) is 16.6 Å². The normalized spacial score (nSPS) is 15.3. The zero-order valence-electron chi connectivity index (χ0n) is 10.8. The van der Waals surface area contributed by atoms with E-state index >= 15 is 0 Å². The zero-order valence-corrected chi connectivity index (χ0v) is 11.6. The Hall–Kier alpha value is -1.41. The SMILES string of the molecule is CCn1cnc(S(=O)(=O)NC(C)(CC)C(=N)N)c1. The standard InChI is InChI=1S/C10H19N5O2S/c1-4-10(3,9(11)12)14-18(16,17)8-6-15(5-2)7-13-8/h6-7,14H,4-5H2,1-3H3,(H3,11,12). The molecule has 0 bridgehead atoms. The summed E-state index contributed by atoms with van der Waals surface area (Å²) < 4.78 is 28.3. The number of nitrogens with one attached hydrogen (secondary N) is 2. The maximum atomic E-state index is 12.1. The molecule has 1 aromatic rings. The summed E-state index contributed by atoms with van der Waals surface area (Å²) in [6.07, 6.45) is 3.28. The van der Waals surface area contributed by atoms with Gasteiger partial charge in [0.05, 0.1) is 11.9 Å². The maximum Gasteiger partial charge on any atom is 0.260 e. The van der Waals surface area contributed by atoms with Gasteiger partial charge in [0.1, 0.15) is 5.84 Å². The Balaban J connectivity index is 3.05. The Bertz CT molecular complexity index is 536. The lowest BCUT2D eigenvalue weighted by atomic mass is 10.00. The van der Waals surface area contributed by atoms with Gasteiger partial charge in [0.15, 0.2) is 5.03 Å². The molecule has 4 N–H and O–H groups in total. The number of rotatable bonds is 6. The average Bonchev–Trinajstić information content (AvgIpc) is 2.77. The highest BCUT2D eigenvalue weighted by Gasteiger charge is 2.33. The van der Waals surface area contributed by atoms with E-state index in [0.29, 0.717) is 13.0 Å². The van der Waals surface area contributed by atoms with Crippen molar-refractivity contribution in [2.24, 2.45) is 5.73 Å². The predicted octanol–water partition coefficient (Wildman–Crippen LogP) is 0.286. The molecule has 0 aliphatic heterocycles. The van der Waals surface area contributed by atoms with Gasteiger partial charge >= 0.3 is 0 Å². The van der Waals surface area contributed by atoms with Crippen molar-refractivity contribution < 1.29 is 8.42 Å². The molecule has 1 rings (SSSR count). The number of nitrogens with zero attached hydrogens (tertiary/aromatic N) is 2. The smallest absolute Gasteiger partial charge is 0.260 e. The Morgan fingerprint density at radius 3 is 2.61 bits per heavy atom. The first kappa shape index (κ1) is 14.7. The van der Waals surface area contributed by atoms with Gasteiger partial charge in [-0.1, -0.05) is 6.92 Å². The molecular formula is C10H19N5O2S. The van der Waals surface area contributed by atoms with Crippen LogP contribution >= 0.6 is 0 Å². The van der Waals surface area contributed by atoms with E-state index < -0.39 is 15.6 Å². The van der Waals surface area contributed by atoms with Crippen molar-refractivity contribution in [2.45, 2.75) is 44.3 Å². The highest BCUT2D eigenvalue weighted by molar-refractivity contribution is 7.89. The largest absolute Gasteiger partial charge is 0.386 e. The first-order valence-corrected chi connectivity index (χ1v) is 7.13. The van der Waals surface area contributed by atoms with Crippen LogP contribution < -0.4 is 10.5 Å². The Morgan fingerprint density at radius 1 is 1.61 bits per heavy atom. The first-order chi connectivity index (χ1) is 8.25. The van der Waals surface area contributed by atoms with Crippen LogP contribution in [0.15, 0.2) is 17.6 Å². The molecule has 8 heteroatoms. The predicted molar refractivity (Wildman–Crippen MR) is 68.8 cm³/mol. The van der Waals surface area contributed by atoms with Crippen molar-refractivity contribution in [1.29, 1.82) is 5.41 Å². The monoisotopic (exact) mass is 273 g/mol. The molecule has 1 aromatic heterocycles. The summed E-state index contributed by atoms with van der Waals surface area (Å²) in [5.74, 6) is -0.219. The van der Waals surface area contributed by atoms with Crippen molar-refractivity contribution >= 4 is 15.9 Å². The van der Waals surface area contributed by atoms with E-state index in [1.54, 1.807) is 18.4 Å². The topological polar surface area (TPSA) is 114 Å². The molecule has 102 valence electrons. The highest BCUT2D eigenvalue weighted by atomic mass is 32.2. The summed E-state index contributed by atoms with van der Waals surface area (Å²) >= 11 is 0. The maximum absolute atomic E-state index is 12.1. The number of aryl methyl sites for hydroxylation is 1. The fourth-order valence-corrected chi connectivity index (χ4v) is 2.73. The molecule has 0 amide bonds. The molecule has 7 nitrogen and oxygen atoms in total. The van der Waals surface area contributed by atoms with E-state index in [1.165, 1.54) is 12.5 Å². The van der Waals surface area contributed by atoms with Crippen LogP contribution in [0.3, 0.4) is 0 Å². The Labute approximate surface area is 107 Å². The molecule has 1 unspecified atom stereocenters. The number of imidazole rings is 1. The number of hydrogen-bond donors (Lipinski definition) is 3. The van der Waals surface area contributed by atoms with E-state index in [2.05, 4.69) is 9.71 Å². The van der Waals surface area contributed by atoms with Crippen LogP contribution in [-0.4, -0.2) is 29.3 Å².